The lowest BCUT2D eigenvalue weighted by atomic mass is 10.4. The third-order valence-corrected chi connectivity index (χ3v) is 2.96. The summed E-state index contributed by atoms with van der Waals surface area (Å²) in [6.45, 7) is 5.64. The molecule has 0 atom stereocenters. The Balaban J connectivity index is 1.51. The number of hydrogen-bond acceptors (Lipinski definition) is 4. The molecule has 1 aliphatic heterocycles. The molecule has 1 fully saturated rings. The predicted molar refractivity (Wildman–Crippen MR) is 63.0 cm³/mol. The van der Waals surface area contributed by atoms with Gasteiger partial charge in [-0.05, 0) is 45.4 Å². The Morgan fingerprint density at radius 3 is 2.88 bits per heavy atom. The molecule has 0 bridgehead atoms. The van der Waals surface area contributed by atoms with Crippen LogP contribution in [0.25, 0.3) is 0 Å². The Morgan fingerprint density at radius 1 is 1.38 bits per heavy atom. The van der Waals surface area contributed by atoms with Crippen molar-refractivity contribution in [3.63, 3.8) is 0 Å². The van der Waals surface area contributed by atoms with Crippen LogP contribution in [-0.4, -0.2) is 45.8 Å². The van der Waals surface area contributed by atoms with E-state index >= 15 is 0 Å². The quantitative estimate of drug-likeness (QED) is 0.709. The maximum Gasteiger partial charge on any atom is 0.164 e. The van der Waals surface area contributed by atoms with Crippen LogP contribution in [0.1, 0.15) is 25.1 Å². The third kappa shape index (κ3) is 3.57. The van der Waals surface area contributed by atoms with Gasteiger partial charge in [0, 0.05) is 7.05 Å². The minimum absolute atomic E-state index is 0.779. The molecule has 0 aromatic carbocycles. The average molecular weight is 223 g/mol. The second-order valence-electron chi connectivity index (χ2n) is 4.41. The molecular formula is C11H21N5. The molecule has 16 heavy (non-hydrogen) atoms. The van der Waals surface area contributed by atoms with Crippen molar-refractivity contribution in [3.05, 3.63) is 12.2 Å². The molecule has 0 spiro atoms. The Bertz CT molecular complexity index is 303. The molecule has 2 heterocycles. The van der Waals surface area contributed by atoms with Gasteiger partial charge in [-0.2, -0.15) is 5.10 Å². The standard InChI is InChI=1S/C11H21N5/c1-15-10-13-11(14-15)9-12-5-4-8-16-6-2-3-7-16/h10,12H,2-9H2,1H3. The summed E-state index contributed by atoms with van der Waals surface area (Å²) >= 11 is 0. The zero-order chi connectivity index (χ0) is 11.2. The summed E-state index contributed by atoms with van der Waals surface area (Å²) in [5.74, 6) is 0.878. The highest BCUT2D eigenvalue weighted by Crippen LogP contribution is 2.06. The summed E-state index contributed by atoms with van der Waals surface area (Å²) in [5.41, 5.74) is 0. The molecule has 0 amide bonds. The largest absolute Gasteiger partial charge is 0.310 e. The van der Waals surface area contributed by atoms with Gasteiger partial charge >= 0.3 is 0 Å². The summed E-state index contributed by atoms with van der Waals surface area (Å²) in [7, 11) is 1.89. The number of rotatable bonds is 6. The Labute approximate surface area is 96.8 Å². The molecular weight excluding hydrogens is 202 g/mol. The average Bonchev–Trinajstić information content (AvgIpc) is 2.89. The second kappa shape index (κ2) is 5.96. The molecule has 90 valence electrons. The Morgan fingerprint density at radius 2 is 2.19 bits per heavy atom. The van der Waals surface area contributed by atoms with E-state index in [2.05, 4.69) is 20.3 Å². The fourth-order valence-electron chi connectivity index (χ4n) is 2.10. The van der Waals surface area contributed by atoms with E-state index in [0.29, 0.717) is 0 Å². The molecule has 0 saturated carbocycles. The maximum atomic E-state index is 4.22. The van der Waals surface area contributed by atoms with Gasteiger partial charge in [0.1, 0.15) is 6.33 Å². The summed E-state index contributed by atoms with van der Waals surface area (Å²) in [6, 6.07) is 0. The highest BCUT2D eigenvalue weighted by atomic mass is 15.3. The van der Waals surface area contributed by atoms with Gasteiger partial charge in [-0.15, -0.1) is 0 Å². The van der Waals surface area contributed by atoms with Crippen LogP contribution in [0.2, 0.25) is 0 Å². The first kappa shape index (κ1) is 11.5. The monoisotopic (exact) mass is 223 g/mol. The van der Waals surface area contributed by atoms with Crippen LogP contribution >= 0.6 is 0 Å². The van der Waals surface area contributed by atoms with E-state index in [0.717, 1.165) is 18.9 Å². The van der Waals surface area contributed by atoms with Gasteiger partial charge in [-0.3, -0.25) is 4.68 Å². The van der Waals surface area contributed by atoms with Crippen molar-refractivity contribution in [2.75, 3.05) is 26.2 Å². The Hall–Kier alpha value is -0.940. The van der Waals surface area contributed by atoms with Crippen molar-refractivity contribution >= 4 is 0 Å². The van der Waals surface area contributed by atoms with Gasteiger partial charge in [0.25, 0.3) is 0 Å². The molecule has 5 heteroatoms. The normalized spacial score (nSPS) is 17.1. The molecule has 1 saturated heterocycles. The van der Waals surface area contributed by atoms with Crippen molar-refractivity contribution in [1.29, 1.82) is 0 Å². The minimum Gasteiger partial charge on any atom is -0.310 e. The summed E-state index contributed by atoms with van der Waals surface area (Å²) in [5, 5.41) is 7.59. The molecule has 5 nitrogen and oxygen atoms in total. The molecule has 1 aromatic heterocycles. The number of nitrogens with zero attached hydrogens (tertiary/aromatic N) is 4. The van der Waals surface area contributed by atoms with Crippen molar-refractivity contribution < 1.29 is 0 Å². The first-order chi connectivity index (χ1) is 7.84. The van der Waals surface area contributed by atoms with Gasteiger partial charge < -0.3 is 10.2 Å². The summed E-state index contributed by atoms with van der Waals surface area (Å²) in [4.78, 5) is 6.71. The van der Waals surface area contributed by atoms with Crippen LogP contribution in [-0.2, 0) is 13.6 Å². The zero-order valence-corrected chi connectivity index (χ0v) is 10.0. The SMILES string of the molecule is Cn1cnc(CNCCCN2CCCC2)n1. The van der Waals surface area contributed by atoms with E-state index < -0.39 is 0 Å². The van der Waals surface area contributed by atoms with Crippen molar-refractivity contribution in [3.8, 4) is 0 Å². The molecule has 2 rings (SSSR count). The molecule has 0 unspecified atom stereocenters. The highest BCUT2D eigenvalue weighted by molar-refractivity contribution is 4.79. The van der Waals surface area contributed by atoms with Crippen LogP contribution in [0.3, 0.4) is 0 Å². The van der Waals surface area contributed by atoms with Crippen LogP contribution in [0, 0.1) is 0 Å². The zero-order valence-electron chi connectivity index (χ0n) is 10.0. The molecule has 1 N–H and O–H groups in total. The van der Waals surface area contributed by atoms with E-state index in [9.17, 15) is 0 Å². The summed E-state index contributed by atoms with van der Waals surface area (Å²) in [6.07, 6.45) is 5.71. The van der Waals surface area contributed by atoms with Gasteiger partial charge in [-0.1, -0.05) is 0 Å². The first-order valence-corrected chi connectivity index (χ1v) is 6.12. The predicted octanol–water partition coefficient (Wildman–Crippen LogP) is 0.391. The molecule has 1 aromatic rings. The number of aromatic nitrogens is 3. The number of likely N-dealkylation sites (tertiary alicyclic amines) is 1. The fraction of sp³-hybridized carbons (Fsp3) is 0.818. The van der Waals surface area contributed by atoms with Crippen molar-refractivity contribution in [2.45, 2.75) is 25.8 Å². The smallest absolute Gasteiger partial charge is 0.164 e. The minimum atomic E-state index is 0.779. The number of aryl methyl sites for hydroxylation is 1. The fourth-order valence-corrected chi connectivity index (χ4v) is 2.10. The van der Waals surface area contributed by atoms with Crippen LogP contribution < -0.4 is 5.32 Å². The Kier molecular flexibility index (Phi) is 4.30. The summed E-state index contributed by atoms with van der Waals surface area (Å²) < 4.78 is 1.74. The van der Waals surface area contributed by atoms with E-state index in [1.807, 2.05) is 7.05 Å². The van der Waals surface area contributed by atoms with Crippen molar-refractivity contribution in [2.24, 2.45) is 7.05 Å². The van der Waals surface area contributed by atoms with Crippen molar-refractivity contribution in [1.82, 2.24) is 25.0 Å². The molecule has 0 radical (unpaired) electrons. The first-order valence-electron chi connectivity index (χ1n) is 6.12. The number of nitrogens with one attached hydrogen (secondary N) is 1. The van der Waals surface area contributed by atoms with E-state index in [1.54, 1.807) is 11.0 Å². The molecule has 0 aliphatic carbocycles. The third-order valence-electron chi connectivity index (χ3n) is 2.96. The maximum absolute atomic E-state index is 4.22. The van der Waals surface area contributed by atoms with E-state index in [-0.39, 0.29) is 0 Å². The lowest BCUT2D eigenvalue weighted by Crippen LogP contribution is -2.24. The second-order valence-corrected chi connectivity index (χ2v) is 4.41. The van der Waals surface area contributed by atoms with Gasteiger partial charge in [-0.25, -0.2) is 4.98 Å². The van der Waals surface area contributed by atoms with E-state index in [4.69, 9.17) is 0 Å². The van der Waals surface area contributed by atoms with Gasteiger partial charge in [0.15, 0.2) is 5.82 Å². The van der Waals surface area contributed by atoms with Gasteiger partial charge in [0.05, 0.1) is 6.54 Å². The lowest BCUT2D eigenvalue weighted by molar-refractivity contribution is 0.330. The van der Waals surface area contributed by atoms with E-state index in [1.165, 1.54) is 38.9 Å². The molecule has 1 aliphatic rings. The lowest BCUT2D eigenvalue weighted by Gasteiger charge is -2.13. The van der Waals surface area contributed by atoms with Crippen LogP contribution in [0.4, 0.5) is 0 Å². The highest BCUT2D eigenvalue weighted by Gasteiger charge is 2.09. The number of hydrogen-bond donors (Lipinski definition) is 1. The van der Waals surface area contributed by atoms with Crippen LogP contribution in [0.15, 0.2) is 6.33 Å². The van der Waals surface area contributed by atoms with Crippen LogP contribution in [0.5, 0.6) is 0 Å². The topological polar surface area (TPSA) is 46.0 Å². The van der Waals surface area contributed by atoms with Gasteiger partial charge in [0.2, 0.25) is 0 Å².